The van der Waals surface area contributed by atoms with Gasteiger partial charge >= 0.3 is 0 Å². The van der Waals surface area contributed by atoms with Gasteiger partial charge in [0, 0.05) is 23.7 Å². The van der Waals surface area contributed by atoms with E-state index in [9.17, 15) is 0 Å². The van der Waals surface area contributed by atoms with Crippen LogP contribution in [-0.4, -0.2) is 26.6 Å². The third kappa shape index (κ3) is 2.48. The summed E-state index contributed by atoms with van der Waals surface area (Å²) < 4.78 is 7.08. The van der Waals surface area contributed by atoms with E-state index in [1.165, 1.54) is 0 Å². The van der Waals surface area contributed by atoms with Gasteiger partial charge in [-0.3, -0.25) is 4.40 Å². The minimum Gasteiger partial charge on any atom is -0.472 e. The van der Waals surface area contributed by atoms with Crippen molar-refractivity contribution in [2.75, 3.05) is 11.9 Å². The number of hydrogen-bond donors (Lipinski definition) is 0. The van der Waals surface area contributed by atoms with E-state index >= 15 is 0 Å². The third-order valence-corrected chi connectivity index (χ3v) is 4.29. The van der Waals surface area contributed by atoms with Crippen LogP contribution in [0.25, 0.3) is 27.8 Å². The lowest BCUT2D eigenvalue weighted by atomic mass is 10.1. The van der Waals surface area contributed by atoms with Gasteiger partial charge in [-0.15, -0.1) is 10.2 Å². The molecule has 4 rings (SSSR count). The highest BCUT2D eigenvalue weighted by Crippen LogP contribution is 2.31. The second kappa shape index (κ2) is 6.33. The maximum atomic E-state index is 5.21. The lowest BCUT2D eigenvalue weighted by Gasteiger charge is -2.21. The highest BCUT2D eigenvalue weighted by Gasteiger charge is 2.15. The first-order valence-corrected chi connectivity index (χ1v) is 8.08. The Morgan fingerprint density at radius 1 is 1.23 bits per heavy atom. The van der Waals surface area contributed by atoms with Crippen molar-refractivity contribution < 1.29 is 4.42 Å². The Bertz CT molecular complexity index is 1140. The Morgan fingerprint density at radius 2 is 2.12 bits per heavy atom. The van der Waals surface area contributed by atoms with Crippen LogP contribution in [0.4, 0.5) is 5.82 Å². The fourth-order valence-electron chi connectivity index (χ4n) is 2.97. The first-order valence-electron chi connectivity index (χ1n) is 8.08. The van der Waals surface area contributed by atoms with Crippen LogP contribution in [0.1, 0.15) is 0 Å². The van der Waals surface area contributed by atoms with E-state index in [2.05, 4.69) is 34.4 Å². The number of rotatable bonds is 5. The molecule has 1 aromatic carbocycles. The van der Waals surface area contributed by atoms with Crippen LogP contribution in [0, 0.1) is 0 Å². The van der Waals surface area contributed by atoms with Crippen LogP contribution in [0.2, 0.25) is 0 Å². The van der Waals surface area contributed by atoms with Gasteiger partial charge in [0.25, 0.3) is 5.78 Å². The molecule has 0 unspecified atom stereocenters. The molecule has 6 nitrogen and oxygen atoms in total. The summed E-state index contributed by atoms with van der Waals surface area (Å²) in [6.45, 7) is 7.64. The molecule has 0 aliphatic heterocycles. The zero-order valence-corrected chi connectivity index (χ0v) is 14.3. The van der Waals surface area contributed by atoms with Gasteiger partial charge in [0.15, 0.2) is 0 Å². The third-order valence-electron chi connectivity index (χ3n) is 4.29. The summed E-state index contributed by atoms with van der Waals surface area (Å²) in [5.41, 5.74) is 3.91. The predicted octanol–water partition coefficient (Wildman–Crippen LogP) is 4.23. The van der Waals surface area contributed by atoms with Gasteiger partial charge in [0.1, 0.15) is 12.1 Å². The zero-order valence-electron chi connectivity index (χ0n) is 14.3. The molecule has 0 radical (unpaired) electrons. The number of allylic oxidation sites excluding steroid dienone is 3. The molecule has 3 heterocycles. The molecule has 4 aromatic rings. The zero-order chi connectivity index (χ0) is 18.1. The molecule has 0 aliphatic carbocycles. The Balaban J connectivity index is 2.00. The smallest absolute Gasteiger partial charge is 0.257 e. The number of furan rings is 1. The van der Waals surface area contributed by atoms with Crippen LogP contribution in [0.15, 0.2) is 84.6 Å². The van der Waals surface area contributed by atoms with Gasteiger partial charge in [-0.2, -0.15) is 4.98 Å². The normalized spacial score (nSPS) is 11.8. The first-order chi connectivity index (χ1) is 12.7. The van der Waals surface area contributed by atoms with Gasteiger partial charge in [0.2, 0.25) is 0 Å². The van der Waals surface area contributed by atoms with Gasteiger partial charge < -0.3 is 9.32 Å². The van der Waals surface area contributed by atoms with Crippen molar-refractivity contribution in [3.63, 3.8) is 0 Å². The van der Waals surface area contributed by atoms with Crippen LogP contribution < -0.4 is 4.90 Å². The molecule has 3 aromatic heterocycles. The monoisotopic (exact) mass is 343 g/mol. The molecule has 0 saturated heterocycles. The van der Waals surface area contributed by atoms with Crippen molar-refractivity contribution in [2.45, 2.75) is 0 Å². The molecule has 0 aliphatic rings. The standard InChI is InChI=1S/C20H17N5O/c1-4-6-16(5-2)24(3)19-17-8-7-14(15-9-10-26-12-15)11-18(17)25-13-21-23-20(25)22-19/h4-13H,1-2H2,3H3/b16-6+. The topological polar surface area (TPSA) is 59.5 Å². The Labute approximate surface area is 150 Å². The van der Waals surface area contributed by atoms with Gasteiger partial charge in [0.05, 0.1) is 18.0 Å². The maximum absolute atomic E-state index is 5.21. The number of aromatic nitrogens is 4. The molecule has 0 bridgehead atoms. The summed E-state index contributed by atoms with van der Waals surface area (Å²) in [6, 6.07) is 8.11. The number of nitrogens with zero attached hydrogens (tertiary/aromatic N) is 5. The number of anilines is 1. The number of benzene rings is 1. The van der Waals surface area contributed by atoms with Crippen LogP contribution in [-0.2, 0) is 0 Å². The summed E-state index contributed by atoms with van der Waals surface area (Å²) >= 11 is 0. The van der Waals surface area contributed by atoms with Crippen molar-refractivity contribution in [3.05, 3.63) is 80.2 Å². The Hall–Kier alpha value is -3.67. The van der Waals surface area contributed by atoms with Gasteiger partial charge in [-0.25, -0.2) is 0 Å². The van der Waals surface area contributed by atoms with Crippen LogP contribution in [0.3, 0.4) is 0 Å². The second-order valence-electron chi connectivity index (χ2n) is 5.77. The molecule has 26 heavy (non-hydrogen) atoms. The minimum absolute atomic E-state index is 0.533. The molecule has 128 valence electrons. The van der Waals surface area contributed by atoms with E-state index in [0.717, 1.165) is 33.5 Å². The van der Waals surface area contributed by atoms with E-state index in [4.69, 9.17) is 4.42 Å². The fourth-order valence-corrected chi connectivity index (χ4v) is 2.97. The van der Waals surface area contributed by atoms with Crippen LogP contribution in [0.5, 0.6) is 0 Å². The highest BCUT2D eigenvalue weighted by atomic mass is 16.3. The van der Waals surface area contributed by atoms with E-state index in [0.29, 0.717) is 5.78 Å². The lowest BCUT2D eigenvalue weighted by Crippen LogP contribution is -2.17. The highest BCUT2D eigenvalue weighted by molar-refractivity contribution is 5.94. The molecule has 0 amide bonds. The summed E-state index contributed by atoms with van der Waals surface area (Å²) in [6.07, 6.45) is 10.4. The van der Waals surface area contributed by atoms with E-state index in [1.54, 1.807) is 31.0 Å². The van der Waals surface area contributed by atoms with Gasteiger partial charge in [-0.1, -0.05) is 25.3 Å². The minimum atomic E-state index is 0.533. The maximum Gasteiger partial charge on any atom is 0.257 e. The SMILES string of the molecule is C=C/C=C(\C=C)N(C)c1nc2nncn2c2cc(-c3ccoc3)ccc12. The molecule has 0 spiro atoms. The van der Waals surface area contributed by atoms with Crippen LogP contribution >= 0.6 is 0 Å². The van der Waals surface area contributed by atoms with E-state index in [1.807, 2.05) is 40.6 Å². The molecule has 0 atom stereocenters. The quantitative estimate of drug-likeness (QED) is 0.508. The number of hydrogen-bond acceptors (Lipinski definition) is 5. The molecule has 0 fully saturated rings. The predicted molar refractivity (Wildman–Crippen MR) is 103 cm³/mol. The van der Waals surface area contributed by atoms with Gasteiger partial charge in [-0.05, 0) is 35.9 Å². The van der Waals surface area contributed by atoms with Crippen molar-refractivity contribution >= 4 is 22.5 Å². The average molecular weight is 343 g/mol. The summed E-state index contributed by atoms with van der Waals surface area (Å²) in [4.78, 5) is 6.64. The Kier molecular flexibility index (Phi) is 3.85. The number of fused-ring (bicyclic) bond motifs is 3. The van der Waals surface area contributed by atoms with Crippen molar-refractivity contribution in [1.29, 1.82) is 0 Å². The van der Waals surface area contributed by atoms with E-state index in [-0.39, 0.29) is 0 Å². The molecular formula is C20H17N5O. The molecule has 6 heteroatoms. The summed E-state index contributed by atoms with van der Waals surface area (Å²) in [7, 11) is 1.94. The second-order valence-corrected chi connectivity index (χ2v) is 5.77. The fraction of sp³-hybridized carbons (Fsp3) is 0.0500. The molecular weight excluding hydrogens is 326 g/mol. The average Bonchev–Trinajstić information content (AvgIpc) is 3.36. The largest absolute Gasteiger partial charge is 0.472 e. The van der Waals surface area contributed by atoms with Crippen molar-refractivity contribution in [1.82, 2.24) is 19.6 Å². The van der Waals surface area contributed by atoms with E-state index < -0.39 is 0 Å². The molecule has 0 N–H and O–H groups in total. The Morgan fingerprint density at radius 3 is 2.85 bits per heavy atom. The summed E-state index contributed by atoms with van der Waals surface area (Å²) in [5.74, 6) is 1.30. The lowest BCUT2D eigenvalue weighted by molar-refractivity contribution is 0.568. The first kappa shape index (κ1) is 15.8. The summed E-state index contributed by atoms with van der Waals surface area (Å²) in [5, 5.41) is 9.11. The molecule has 0 saturated carbocycles. The van der Waals surface area contributed by atoms with Crippen molar-refractivity contribution in [2.24, 2.45) is 0 Å². The number of likely N-dealkylation sites (N-methyl/N-ethyl adjacent to an activating group) is 1. The van der Waals surface area contributed by atoms with Crippen molar-refractivity contribution in [3.8, 4) is 11.1 Å².